The van der Waals surface area contributed by atoms with Crippen LogP contribution < -0.4 is 5.32 Å². The maximum absolute atomic E-state index is 12.9. The number of alkyl halides is 3. The summed E-state index contributed by atoms with van der Waals surface area (Å²) in [5.74, 6) is -0.311. The normalized spacial score (nSPS) is 15.9. The molecule has 1 atom stereocenters. The molecule has 2 aromatic rings. The van der Waals surface area contributed by atoms with E-state index in [1.165, 1.54) is 4.68 Å². The number of aromatic nitrogens is 4. The number of nitrogens with one attached hydrogen (secondary N) is 1. The zero-order chi connectivity index (χ0) is 19.1. The monoisotopic (exact) mass is 369 g/mol. The molecule has 0 spiro atoms. The molecule has 1 aliphatic carbocycles. The summed E-state index contributed by atoms with van der Waals surface area (Å²) >= 11 is 0. The first-order valence-electron chi connectivity index (χ1n) is 8.67. The smallest absolute Gasteiger partial charge is 0.348 e. The van der Waals surface area contributed by atoms with Gasteiger partial charge in [0, 0.05) is 29.4 Å². The number of carbonyl (C=O) groups excluding carboxylic acids is 1. The zero-order valence-corrected chi connectivity index (χ0v) is 15.0. The van der Waals surface area contributed by atoms with Crippen molar-refractivity contribution in [1.29, 1.82) is 0 Å². The van der Waals surface area contributed by atoms with Gasteiger partial charge in [-0.05, 0) is 39.7 Å². The minimum Gasteiger partial charge on any atom is -0.348 e. The maximum atomic E-state index is 12.9. The predicted octanol–water partition coefficient (Wildman–Crippen LogP) is 3.18. The Kier molecular flexibility index (Phi) is 4.81. The van der Waals surface area contributed by atoms with E-state index in [-0.39, 0.29) is 24.4 Å². The fourth-order valence-electron chi connectivity index (χ4n) is 3.11. The minimum atomic E-state index is -4.51. The molecule has 1 N–H and O–H groups in total. The lowest BCUT2D eigenvalue weighted by Crippen LogP contribution is -2.31. The Morgan fingerprint density at radius 3 is 2.62 bits per heavy atom. The fraction of sp³-hybridized carbons (Fsp3) is 0.588. The second-order valence-electron chi connectivity index (χ2n) is 6.67. The Bertz CT molecular complexity index is 804. The second-order valence-corrected chi connectivity index (χ2v) is 6.67. The molecule has 2 aromatic heterocycles. The molecule has 1 saturated carbocycles. The van der Waals surface area contributed by atoms with Gasteiger partial charge in [0.25, 0.3) is 0 Å². The van der Waals surface area contributed by atoms with Gasteiger partial charge in [0.15, 0.2) is 5.69 Å². The number of amides is 1. The van der Waals surface area contributed by atoms with Crippen molar-refractivity contribution in [3.05, 3.63) is 34.9 Å². The first kappa shape index (κ1) is 18.5. The predicted molar refractivity (Wildman–Crippen MR) is 88.4 cm³/mol. The highest BCUT2D eigenvalue weighted by molar-refractivity contribution is 5.76. The molecule has 2 heterocycles. The van der Waals surface area contributed by atoms with Crippen LogP contribution in [0.3, 0.4) is 0 Å². The Balaban J connectivity index is 1.71. The molecule has 0 radical (unpaired) electrons. The molecule has 1 unspecified atom stereocenters. The van der Waals surface area contributed by atoms with Crippen LogP contribution in [0.2, 0.25) is 0 Å². The molecule has 1 aliphatic rings. The molecule has 0 aromatic carbocycles. The van der Waals surface area contributed by atoms with Crippen molar-refractivity contribution >= 4 is 5.91 Å². The lowest BCUT2D eigenvalue weighted by molar-refractivity contribution is -0.141. The Morgan fingerprint density at radius 1 is 1.38 bits per heavy atom. The molecule has 3 rings (SSSR count). The van der Waals surface area contributed by atoms with Gasteiger partial charge < -0.3 is 5.32 Å². The zero-order valence-electron chi connectivity index (χ0n) is 15.0. The van der Waals surface area contributed by atoms with E-state index in [4.69, 9.17) is 0 Å². The van der Waals surface area contributed by atoms with Gasteiger partial charge in [-0.2, -0.15) is 23.4 Å². The highest BCUT2D eigenvalue weighted by atomic mass is 19.4. The van der Waals surface area contributed by atoms with Gasteiger partial charge >= 0.3 is 6.18 Å². The third-order valence-electron chi connectivity index (χ3n) is 4.68. The molecule has 6 nitrogen and oxygen atoms in total. The highest BCUT2D eigenvalue weighted by Gasteiger charge is 2.38. The van der Waals surface area contributed by atoms with Gasteiger partial charge in [-0.3, -0.25) is 14.2 Å². The van der Waals surface area contributed by atoms with Crippen molar-refractivity contribution < 1.29 is 18.0 Å². The largest absolute Gasteiger partial charge is 0.435 e. The van der Waals surface area contributed by atoms with E-state index in [1.807, 2.05) is 25.5 Å². The van der Waals surface area contributed by atoms with Crippen LogP contribution in [0.1, 0.15) is 61.3 Å². The van der Waals surface area contributed by atoms with Crippen molar-refractivity contribution in [3.8, 4) is 0 Å². The van der Waals surface area contributed by atoms with Crippen LogP contribution >= 0.6 is 0 Å². The summed E-state index contributed by atoms with van der Waals surface area (Å²) in [6.07, 6.45) is -1.15. The van der Waals surface area contributed by atoms with Gasteiger partial charge in [-0.25, -0.2) is 0 Å². The summed E-state index contributed by atoms with van der Waals surface area (Å²) in [5.41, 5.74) is 1.38. The van der Waals surface area contributed by atoms with E-state index in [9.17, 15) is 18.0 Å². The lowest BCUT2D eigenvalue weighted by Gasteiger charge is -2.15. The van der Waals surface area contributed by atoms with Crippen molar-refractivity contribution in [1.82, 2.24) is 24.9 Å². The van der Waals surface area contributed by atoms with Gasteiger partial charge in [-0.15, -0.1) is 0 Å². The van der Waals surface area contributed by atoms with Crippen LogP contribution in [0, 0.1) is 6.92 Å². The van der Waals surface area contributed by atoms with E-state index in [0.717, 1.165) is 36.7 Å². The molecule has 1 amide bonds. The molecule has 0 bridgehead atoms. The van der Waals surface area contributed by atoms with Crippen molar-refractivity contribution in [2.45, 2.75) is 64.8 Å². The summed E-state index contributed by atoms with van der Waals surface area (Å²) in [6.45, 7) is 6.22. The Hall–Kier alpha value is -2.32. The number of aryl methyl sites for hydroxylation is 1. The number of nitrogens with zero attached hydrogens (tertiary/aromatic N) is 4. The lowest BCUT2D eigenvalue weighted by atomic mass is 10.1. The molecular weight excluding hydrogens is 347 g/mol. The summed E-state index contributed by atoms with van der Waals surface area (Å²) < 4.78 is 41.8. The first-order valence-corrected chi connectivity index (χ1v) is 8.67. The molecule has 0 aliphatic heterocycles. The van der Waals surface area contributed by atoms with Crippen LogP contribution in [0.25, 0.3) is 0 Å². The molecule has 0 saturated heterocycles. The number of hydrogen-bond donors (Lipinski definition) is 1. The highest BCUT2D eigenvalue weighted by Crippen LogP contribution is 2.42. The quantitative estimate of drug-likeness (QED) is 0.851. The van der Waals surface area contributed by atoms with Gasteiger partial charge in [0.2, 0.25) is 5.91 Å². The van der Waals surface area contributed by atoms with E-state index < -0.39 is 11.9 Å². The fourth-order valence-corrected chi connectivity index (χ4v) is 3.11. The van der Waals surface area contributed by atoms with E-state index in [0.29, 0.717) is 5.69 Å². The number of carbonyl (C=O) groups is 1. The Labute approximate surface area is 149 Å². The SMILES string of the molecule is CCn1ncc(C(C)NC(=O)Cn2nc(C(F)(F)F)cc2C2CC2)c1C. The number of hydrogen-bond acceptors (Lipinski definition) is 3. The molecule has 26 heavy (non-hydrogen) atoms. The van der Waals surface area contributed by atoms with Crippen molar-refractivity contribution in [2.24, 2.45) is 0 Å². The van der Waals surface area contributed by atoms with Crippen LogP contribution in [0.4, 0.5) is 13.2 Å². The first-order chi connectivity index (χ1) is 12.2. The van der Waals surface area contributed by atoms with Gasteiger partial charge in [0.1, 0.15) is 6.54 Å². The third kappa shape index (κ3) is 3.76. The standard InChI is InChI=1S/C17H22F3N5O/c1-4-24-11(3)13(8-21-24)10(2)22-16(26)9-25-14(12-5-6-12)7-15(23-25)17(18,19)20/h7-8,10,12H,4-6,9H2,1-3H3,(H,22,26). The molecular formula is C17H22F3N5O. The summed E-state index contributed by atoms with van der Waals surface area (Å²) in [6, 6.07) is 0.772. The van der Waals surface area contributed by atoms with Gasteiger partial charge in [-0.1, -0.05) is 0 Å². The average Bonchev–Trinajstić information content (AvgIpc) is 3.19. The van der Waals surface area contributed by atoms with Crippen LogP contribution in [-0.4, -0.2) is 25.5 Å². The van der Waals surface area contributed by atoms with Crippen molar-refractivity contribution in [3.63, 3.8) is 0 Å². The van der Waals surface area contributed by atoms with E-state index >= 15 is 0 Å². The van der Waals surface area contributed by atoms with Gasteiger partial charge in [0.05, 0.1) is 12.2 Å². The number of halogens is 3. The average molecular weight is 369 g/mol. The van der Waals surface area contributed by atoms with Crippen LogP contribution in [0.5, 0.6) is 0 Å². The Morgan fingerprint density at radius 2 is 2.08 bits per heavy atom. The summed E-state index contributed by atoms with van der Waals surface area (Å²) in [5, 5.41) is 10.7. The molecule has 1 fully saturated rings. The van der Waals surface area contributed by atoms with Crippen LogP contribution in [0.15, 0.2) is 12.3 Å². The topological polar surface area (TPSA) is 64.7 Å². The minimum absolute atomic E-state index is 0.0638. The third-order valence-corrected chi connectivity index (χ3v) is 4.68. The molecule has 9 heteroatoms. The van der Waals surface area contributed by atoms with E-state index in [2.05, 4.69) is 15.5 Å². The van der Waals surface area contributed by atoms with Crippen LogP contribution in [-0.2, 0) is 24.1 Å². The summed E-state index contributed by atoms with van der Waals surface area (Å²) in [4.78, 5) is 12.4. The van der Waals surface area contributed by atoms with E-state index in [1.54, 1.807) is 6.20 Å². The van der Waals surface area contributed by atoms with Crippen molar-refractivity contribution in [2.75, 3.05) is 0 Å². The maximum Gasteiger partial charge on any atom is 0.435 e. The molecule has 142 valence electrons. The second kappa shape index (κ2) is 6.77. The summed E-state index contributed by atoms with van der Waals surface area (Å²) in [7, 11) is 0. The number of rotatable bonds is 6.